The van der Waals surface area contributed by atoms with Crippen LogP contribution in [0.25, 0.3) is 22.5 Å². The van der Waals surface area contributed by atoms with Crippen molar-refractivity contribution < 1.29 is 28.2 Å². The molecular weight excluding hydrogens is 428 g/mol. The first-order valence-corrected chi connectivity index (χ1v) is 11.2. The van der Waals surface area contributed by atoms with E-state index in [0.717, 1.165) is 22.5 Å². The summed E-state index contributed by atoms with van der Waals surface area (Å²) in [5, 5.41) is 0. The van der Waals surface area contributed by atoms with Crippen LogP contribution in [0.4, 0.5) is 0 Å². The molecule has 4 aromatic rings. The van der Waals surface area contributed by atoms with E-state index < -0.39 is 0 Å². The maximum absolute atomic E-state index is 12.0. The van der Waals surface area contributed by atoms with E-state index in [4.69, 9.17) is 9.47 Å². The van der Waals surface area contributed by atoms with Crippen LogP contribution in [0, 0.1) is 0 Å². The third-order valence-electron chi connectivity index (χ3n) is 5.30. The van der Waals surface area contributed by atoms with Crippen molar-refractivity contribution in [2.75, 3.05) is 13.2 Å². The molecular formula is C28H26N2O4+2. The third-order valence-corrected chi connectivity index (χ3v) is 5.30. The van der Waals surface area contributed by atoms with Crippen molar-refractivity contribution in [3.05, 3.63) is 109 Å². The first-order chi connectivity index (χ1) is 16.6. The highest BCUT2D eigenvalue weighted by Gasteiger charge is 2.14. The van der Waals surface area contributed by atoms with E-state index in [1.807, 2.05) is 94.6 Å². The highest BCUT2D eigenvalue weighted by atomic mass is 16.5. The van der Waals surface area contributed by atoms with Crippen LogP contribution in [0.15, 0.2) is 97.6 Å². The molecule has 6 heteroatoms. The van der Waals surface area contributed by atoms with Crippen LogP contribution in [0.2, 0.25) is 0 Å². The summed E-state index contributed by atoms with van der Waals surface area (Å²) in [6.07, 6.45) is 7.85. The zero-order valence-electron chi connectivity index (χ0n) is 19.2. The maximum Gasteiger partial charge on any atom is 0.338 e. The Kier molecular flexibility index (Phi) is 7.08. The van der Waals surface area contributed by atoms with Gasteiger partial charge in [0.25, 0.3) is 0 Å². The topological polar surface area (TPSA) is 60.4 Å². The lowest BCUT2D eigenvalue weighted by molar-refractivity contribution is -0.596. The molecule has 0 amide bonds. The number of benzene rings is 2. The second-order valence-electron chi connectivity index (χ2n) is 7.53. The molecule has 0 saturated carbocycles. The van der Waals surface area contributed by atoms with Crippen molar-refractivity contribution in [2.45, 2.75) is 13.8 Å². The molecule has 34 heavy (non-hydrogen) atoms. The van der Waals surface area contributed by atoms with Gasteiger partial charge in [0.15, 0.2) is 24.8 Å². The number of hydrogen-bond acceptors (Lipinski definition) is 4. The molecule has 0 aliphatic heterocycles. The molecule has 0 aliphatic carbocycles. The zero-order valence-corrected chi connectivity index (χ0v) is 19.2. The average molecular weight is 455 g/mol. The molecule has 0 unspecified atom stereocenters. The summed E-state index contributed by atoms with van der Waals surface area (Å²) in [4.78, 5) is 24.0. The molecule has 2 heterocycles. The van der Waals surface area contributed by atoms with Gasteiger partial charge in [0, 0.05) is 48.5 Å². The summed E-state index contributed by atoms with van der Waals surface area (Å²) >= 11 is 0. The fourth-order valence-corrected chi connectivity index (χ4v) is 3.60. The molecule has 0 radical (unpaired) electrons. The number of ether oxygens (including phenoxy) is 2. The molecule has 0 fully saturated rings. The molecule has 170 valence electrons. The van der Waals surface area contributed by atoms with E-state index in [1.165, 1.54) is 0 Å². The Hall–Kier alpha value is -4.32. The molecule has 2 aromatic carbocycles. The lowest BCUT2D eigenvalue weighted by Crippen LogP contribution is -2.30. The van der Waals surface area contributed by atoms with Gasteiger partial charge < -0.3 is 9.47 Å². The standard InChI is InChI=1S/C28H26N2O4/c1-3-33-27(31)23-7-5-9-25(19-23)29-15-11-21(12-16-29)22-13-17-30(18-14-22)26-10-6-8-24(20-26)28(32)34-4-2/h5-20H,3-4H2,1-2H3/q+2. The molecule has 6 nitrogen and oxygen atoms in total. The number of rotatable bonds is 7. The Labute approximate surface area is 198 Å². The minimum absolute atomic E-state index is 0.327. The molecule has 0 spiro atoms. The fourth-order valence-electron chi connectivity index (χ4n) is 3.60. The Balaban J connectivity index is 1.52. The lowest BCUT2D eigenvalue weighted by Gasteiger charge is -2.04. The Morgan fingerprint density at radius 3 is 1.35 bits per heavy atom. The number of pyridine rings is 2. The van der Waals surface area contributed by atoms with Gasteiger partial charge in [-0.3, -0.25) is 0 Å². The minimum atomic E-state index is -0.327. The number of nitrogens with zero attached hydrogens (tertiary/aromatic N) is 2. The van der Waals surface area contributed by atoms with Gasteiger partial charge in [0.1, 0.15) is 0 Å². The smallest absolute Gasteiger partial charge is 0.338 e. The molecule has 0 aliphatic rings. The first kappa shape index (κ1) is 22.9. The fraction of sp³-hybridized carbons (Fsp3) is 0.143. The van der Waals surface area contributed by atoms with Crippen LogP contribution in [0.1, 0.15) is 34.6 Å². The molecule has 0 N–H and O–H groups in total. The average Bonchev–Trinajstić information content (AvgIpc) is 2.89. The van der Waals surface area contributed by atoms with Crippen molar-refractivity contribution >= 4 is 11.9 Å². The summed E-state index contributed by atoms with van der Waals surface area (Å²) in [7, 11) is 0. The van der Waals surface area contributed by atoms with E-state index in [0.29, 0.717) is 24.3 Å². The number of carbonyl (C=O) groups excluding carboxylic acids is 2. The van der Waals surface area contributed by atoms with Crippen LogP contribution in [-0.2, 0) is 9.47 Å². The van der Waals surface area contributed by atoms with Gasteiger partial charge in [-0.25, -0.2) is 9.59 Å². The number of esters is 2. The molecule has 0 atom stereocenters. The van der Waals surface area contributed by atoms with Gasteiger partial charge in [-0.2, -0.15) is 9.13 Å². The lowest BCUT2D eigenvalue weighted by atomic mass is 10.1. The predicted octanol–water partition coefficient (Wildman–Crippen LogP) is 4.26. The second-order valence-corrected chi connectivity index (χ2v) is 7.53. The Bertz CT molecular complexity index is 1200. The van der Waals surface area contributed by atoms with E-state index >= 15 is 0 Å². The minimum Gasteiger partial charge on any atom is -0.462 e. The SMILES string of the molecule is CCOC(=O)c1cccc(-[n+]2ccc(-c3cc[n+](-c4cccc(C(=O)OCC)c4)cc3)cc2)c1. The summed E-state index contributed by atoms with van der Waals surface area (Å²) in [6, 6.07) is 22.8. The summed E-state index contributed by atoms with van der Waals surface area (Å²) in [5.41, 5.74) is 4.93. The highest BCUT2D eigenvalue weighted by molar-refractivity contribution is 5.90. The molecule has 4 rings (SSSR count). The summed E-state index contributed by atoms with van der Waals surface area (Å²) in [6.45, 7) is 4.28. The van der Waals surface area contributed by atoms with E-state index in [9.17, 15) is 9.59 Å². The van der Waals surface area contributed by atoms with E-state index in [1.54, 1.807) is 26.0 Å². The number of aromatic nitrogens is 2. The predicted molar refractivity (Wildman–Crippen MR) is 127 cm³/mol. The number of hydrogen-bond donors (Lipinski definition) is 0. The quantitative estimate of drug-likeness (QED) is 0.309. The van der Waals surface area contributed by atoms with Crippen molar-refractivity contribution in [3.8, 4) is 22.5 Å². The van der Waals surface area contributed by atoms with Crippen molar-refractivity contribution in [2.24, 2.45) is 0 Å². The van der Waals surface area contributed by atoms with Crippen molar-refractivity contribution in [1.82, 2.24) is 0 Å². The van der Waals surface area contributed by atoms with Gasteiger partial charge in [0.2, 0.25) is 11.4 Å². The van der Waals surface area contributed by atoms with Crippen LogP contribution in [-0.4, -0.2) is 25.2 Å². The Morgan fingerprint density at radius 2 is 1.00 bits per heavy atom. The normalized spacial score (nSPS) is 10.5. The van der Waals surface area contributed by atoms with Gasteiger partial charge >= 0.3 is 11.9 Å². The molecule has 2 aromatic heterocycles. The molecule has 0 bridgehead atoms. The van der Waals surface area contributed by atoms with Crippen LogP contribution >= 0.6 is 0 Å². The van der Waals surface area contributed by atoms with E-state index in [-0.39, 0.29) is 11.9 Å². The van der Waals surface area contributed by atoms with E-state index in [2.05, 4.69) is 0 Å². The van der Waals surface area contributed by atoms with Crippen molar-refractivity contribution in [3.63, 3.8) is 0 Å². The van der Waals surface area contributed by atoms with Crippen LogP contribution < -0.4 is 9.13 Å². The maximum atomic E-state index is 12.0. The Morgan fingerprint density at radius 1 is 0.618 bits per heavy atom. The molecule has 0 saturated heterocycles. The van der Waals surface area contributed by atoms with Gasteiger partial charge in [-0.05, 0) is 37.1 Å². The van der Waals surface area contributed by atoms with Crippen molar-refractivity contribution in [1.29, 1.82) is 0 Å². The number of carbonyl (C=O) groups is 2. The second kappa shape index (κ2) is 10.5. The summed E-state index contributed by atoms with van der Waals surface area (Å²) in [5.74, 6) is -0.654. The largest absolute Gasteiger partial charge is 0.462 e. The first-order valence-electron chi connectivity index (χ1n) is 11.2. The van der Waals surface area contributed by atoms with Crippen LogP contribution in [0.3, 0.4) is 0 Å². The van der Waals surface area contributed by atoms with Gasteiger partial charge in [-0.1, -0.05) is 12.1 Å². The van der Waals surface area contributed by atoms with Gasteiger partial charge in [0.05, 0.1) is 24.3 Å². The van der Waals surface area contributed by atoms with Crippen LogP contribution in [0.5, 0.6) is 0 Å². The monoisotopic (exact) mass is 454 g/mol. The highest BCUT2D eigenvalue weighted by Crippen LogP contribution is 2.17. The summed E-state index contributed by atoms with van der Waals surface area (Å²) < 4.78 is 14.1. The van der Waals surface area contributed by atoms with Gasteiger partial charge in [-0.15, -0.1) is 0 Å². The third kappa shape index (κ3) is 5.18. The zero-order chi connectivity index (χ0) is 23.9.